The Hall–Kier alpha value is -1.88. The molecule has 0 aliphatic heterocycles. The first-order valence-corrected chi connectivity index (χ1v) is 6.23. The average molecular weight is 264 g/mol. The summed E-state index contributed by atoms with van der Waals surface area (Å²) in [5.41, 5.74) is 1.99. The van der Waals surface area contributed by atoms with Crippen molar-refractivity contribution in [2.24, 2.45) is 0 Å². The summed E-state index contributed by atoms with van der Waals surface area (Å²) in [6.45, 7) is 1.97. The Kier molecular flexibility index (Phi) is 4.16. The third-order valence-electron chi connectivity index (χ3n) is 2.99. The van der Waals surface area contributed by atoms with E-state index in [2.05, 4.69) is 5.10 Å². The summed E-state index contributed by atoms with van der Waals surface area (Å²) in [5.74, 6) is 0.123. The molecule has 1 heterocycles. The van der Waals surface area contributed by atoms with Crippen LogP contribution in [0.3, 0.4) is 0 Å². The fourth-order valence-electron chi connectivity index (χ4n) is 2.12. The number of aliphatic hydroxyl groups is 1. The van der Waals surface area contributed by atoms with Gasteiger partial charge in [0.05, 0.1) is 12.8 Å². The molecule has 0 bridgehead atoms. The summed E-state index contributed by atoms with van der Waals surface area (Å²) in [4.78, 5) is 0. The minimum Gasteiger partial charge on any atom is -0.481 e. The zero-order valence-electron chi connectivity index (χ0n) is 11.1. The van der Waals surface area contributed by atoms with E-state index in [0.29, 0.717) is 24.4 Å². The molecule has 0 aliphatic carbocycles. The lowest BCUT2D eigenvalue weighted by atomic mass is 10.1. The molecular formula is C14H17FN2O2. The summed E-state index contributed by atoms with van der Waals surface area (Å²) in [7, 11) is 1.52. The number of hydrogen-bond donors (Lipinski definition) is 1. The Balaban J connectivity index is 2.60. The summed E-state index contributed by atoms with van der Waals surface area (Å²) in [5, 5.41) is 13.5. The molecule has 0 amide bonds. The molecular weight excluding hydrogens is 247 g/mol. The van der Waals surface area contributed by atoms with Gasteiger partial charge in [0.2, 0.25) is 5.88 Å². The van der Waals surface area contributed by atoms with Gasteiger partial charge in [-0.3, -0.25) is 0 Å². The van der Waals surface area contributed by atoms with Crippen LogP contribution in [0, 0.1) is 5.82 Å². The van der Waals surface area contributed by atoms with E-state index in [0.717, 1.165) is 11.3 Å². The van der Waals surface area contributed by atoms with Crippen LogP contribution in [0.1, 0.15) is 18.2 Å². The number of methoxy groups -OCH3 is 1. The Bertz CT molecular complexity index is 567. The molecule has 0 saturated carbocycles. The molecule has 102 valence electrons. The van der Waals surface area contributed by atoms with Crippen molar-refractivity contribution in [1.82, 2.24) is 9.78 Å². The number of aromatic nitrogens is 2. The second-order valence-electron chi connectivity index (χ2n) is 4.12. The first kappa shape index (κ1) is 13.5. The van der Waals surface area contributed by atoms with Gasteiger partial charge in [0.1, 0.15) is 11.5 Å². The lowest BCUT2D eigenvalue weighted by molar-refractivity contribution is 0.295. The number of ether oxygens (including phenoxy) is 1. The molecule has 5 heteroatoms. The van der Waals surface area contributed by atoms with Crippen molar-refractivity contribution in [3.8, 4) is 11.6 Å². The molecule has 19 heavy (non-hydrogen) atoms. The van der Waals surface area contributed by atoms with Crippen molar-refractivity contribution in [3.05, 3.63) is 41.3 Å². The maximum absolute atomic E-state index is 13.9. The van der Waals surface area contributed by atoms with Gasteiger partial charge in [0, 0.05) is 18.6 Å². The SMILES string of the molecule is CCc1nn(-c2ccccc2F)c(OC)c1CCO. The fraction of sp³-hybridized carbons (Fsp3) is 0.357. The summed E-state index contributed by atoms with van der Waals surface area (Å²) >= 11 is 0. The molecule has 2 aromatic rings. The van der Waals surface area contributed by atoms with Crippen molar-refractivity contribution in [2.45, 2.75) is 19.8 Å². The average Bonchev–Trinajstić information content (AvgIpc) is 2.77. The van der Waals surface area contributed by atoms with Gasteiger partial charge in [-0.25, -0.2) is 4.39 Å². The number of aliphatic hydroxyl groups excluding tert-OH is 1. The lowest BCUT2D eigenvalue weighted by Gasteiger charge is -2.08. The number of benzene rings is 1. The smallest absolute Gasteiger partial charge is 0.220 e. The zero-order valence-corrected chi connectivity index (χ0v) is 11.1. The van der Waals surface area contributed by atoms with Crippen LogP contribution in [0.25, 0.3) is 5.69 Å². The van der Waals surface area contributed by atoms with E-state index in [1.165, 1.54) is 17.9 Å². The van der Waals surface area contributed by atoms with Gasteiger partial charge >= 0.3 is 0 Å². The monoisotopic (exact) mass is 264 g/mol. The zero-order chi connectivity index (χ0) is 13.8. The molecule has 1 aromatic heterocycles. The Morgan fingerprint density at radius 1 is 1.37 bits per heavy atom. The first-order chi connectivity index (χ1) is 9.22. The highest BCUT2D eigenvalue weighted by Gasteiger charge is 2.19. The second-order valence-corrected chi connectivity index (χ2v) is 4.12. The largest absolute Gasteiger partial charge is 0.481 e. The van der Waals surface area contributed by atoms with Gasteiger partial charge in [0.15, 0.2) is 0 Å². The van der Waals surface area contributed by atoms with Gasteiger partial charge in [-0.05, 0) is 18.6 Å². The fourth-order valence-corrected chi connectivity index (χ4v) is 2.12. The van der Waals surface area contributed by atoms with Crippen molar-refractivity contribution >= 4 is 0 Å². The van der Waals surface area contributed by atoms with Crippen molar-refractivity contribution in [3.63, 3.8) is 0 Å². The van der Waals surface area contributed by atoms with E-state index < -0.39 is 0 Å². The van der Waals surface area contributed by atoms with E-state index in [4.69, 9.17) is 9.84 Å². The van der Waals surface area contributed by atoms with E-state index in [1.54, 1.807) is 18.2 Å². The minimum atomic E-state index is -0.360. The predicted octanol–water partition coefficient (Wildman–Crippen LogP) is 2.12. The number of rotatable bonds is 5. The van der Waals surface area contributed by atoms with Crippen molar-refractivity contribution < 1.29 is 14.2 Å². The van der Waals surface area contributed by atoms with Gasteiger partial charge in [-0.1, -0.05) is 19.1 Å². The van der Waals surface area contributed by atoms with Crippen LogP contribution < -0.4 is 4.74 Å². The van der Waals surface area contributed by atoms with Gasteiger partial charge in [-0.15, -0.1) is 0 Å². The van der Waals surface area contributed by atoms with E-state index >= 15 is 0 Å². The number of hydrogen-bond acceptors (Lipinski definition) is 3. The highest BCUT2D eigenvalue weighted by molar-refractivity contribution is 5.42. The predicted molar refractivity (Wildman–Crippen MR) is 70.2 cm³/mol. The van der Waals surface area contributed by atoms with Crippen LogP contribution in [0.15, 0.2) is 24.3 Å². The molecule has 0 aliphatic rings. The van der Waals surface area contributed by atoms with Gasteiger partial charge < -0.3 is 9.84 Å². The summed E-state index contributed by atoms with van der Waals surface area (Å²) in [6.07, 6.45) is 1.15. The van der Waals surface area contributed by atoms with Crippen LogP contribution in [0.5, 0.6) is 5.88 Å². The molecule has 0 fully saturated rings. The number of nitrogens with zero attached hydrogens (tertiary/aromatic N) is 2. The molecule has 0 spiro atoms. The van der Waals surface area contributed by atoms with E-state index in [1.807, 2.05) is 6.92 Å². The van der Waals surface area contributed by atoms with Crippen LogP contribution in [-0.2, 0) is 12.8 Å². The van der Waals surface area contributed by atoms with Gasteiger partial charge in [0.25, 0.3) is 0 Å². The van der Waals surface area contributed by atoms with Crippen molar-refractivity contribution in [1.29, 1.82) is 0 Å². The molecule has 1 N–H and O–H groups in total. The topological polar surface area (TPSA) is 47.3 Å². The third-order valence-corrected chi connectivity index (χ3v) is 2.99. The molecule has 2 rings (SSSR count). The first-order valence-electron chi connectivity index (χ1n) is 6.23. The lowest BCUT2D eigenvalue weighted by Crippen LogP contribution is -2.03. The van der Waals surface area contributed by atoms with Gasteiger partial charge in [-0.2, -0.15) is 9.78 Å². The second kappa shape index (κ2) is 5.84. The van der Waals surface area contributed by atoms with Crippen LogP contribution >= 0.6 is 0 Å². The third kappa shape index (κ3) is 2.46. The number of halogens is 1. The summed E-state index contributed by atoms with van der Waals surface area (Å²) < 4.78 is 20.7. The minimum absolute atomic E-state index is 0.00627. The number of para-hydroxylation sites is 1. The van der Waals surface area contributed by atoms with Crippen LogP contribution in [0.4, 0.5) is 4.39 Å². The standard InChI is InChI=1S/C14H17FN2O2/c1-3-12-10(8-9-18)14(19-2)17(16-12)13-7-5-4-6-11(13)15/h4-7,18H,3,8-9H2,1-2H3. The highest BCUT2D eigenvalue weighted by Crippen LogP contribution is 2.27. The molecule has 0 saturated heterocycles. The Labute approximate surface area is 111 Å². The maximum atomic E-state index is 13.9. The maximum Gasteiger partial charge on any atom is 0.220 e. The molecule has 0 radical (unpaired) electrons. The number of aryl methyl sites for hydroxylation is 1. The molecule has 0 atom stereocenters. The van der Waals surface area contributed by atoms with E-state index in [9.17, 15) is 4.39 Å². The van der Waals surface area contributed by atoms with Crippen LogP contribution in [0.2, 0.25) is 0 Å². The highest BCUT2D eigenvalue weighted by atomic mass is 19.1. The quantitative estimate of drug-likeness (QED) is 0.899. The molecule has 0 unspecified atom stereocenters. The molecule has 4 nitrogen and oxygen atoms in total. The Morgan fingerprint density at radius 2 is 2.11 bits per heavy atom. The van der Waals surface area contributed by atoms with Crippen molar-refractivity contribution in [2.75, 3.05) is 13.7 Å². The molecule has 1 aromatic carbocycles. The summed E-state index contributed by atoms with van der Waals surface area (Å²) in [6, 6.07) is 6.40. The Morgan fingerprint density at radius 3 is 2.68 bits per heavy atom. The van der Waals surface area contributed by atoms with E-state index in [-0.39, 0.29) is 12.4 Å². The normalized spacial score (nSPS) is 10.7. The van der Waals surface area contributed by atoms with Crippen LogP contribution in [-0.4, -0.2) is 28.6 Å².